The molecule has 0 aliphatic carbocycles. The molecule has 172 valence electrons. The Kier molecular flexibility index (Phi) is 7.20. The van der Waals surface area contributed by atoms with Crippen molar-refractivity contribution in [2.45, 2.75) is 18.9 Å². The summed E-state index contributed by atoms with van der Waals surface area (Å²) in [6.45, 7) is 2.59. The molecule has 0 bridgehead atoms. The lowest BCUT2D eigenvalue weighted by atomic mass is 9.91. The molecule has 3 heterocycles. The molecule has 0 saturated heterocycles. The van der Waals surface area contributed by atoms with Gasteiger partial charge in [0.2, 0.25) is 11.8 Å². The quantitative estimate of drug-likeness (QED) is 0.605. The van der Waals surface area contributed by atoms with Crippen molar-refractivity contribution in [1.29, 1.82) is 0 Å². The number of carbonyl (C=O) groups is 2. The zero-order chi connectivity index (χ0) is 24.0. The molecule has 1 atom stereocenters. The van der Waals surface area contributed by atoms with Crippen molar-refractivity contribution in [3.05, 3.63) is 42.1 Å². The summed E-state index contributed by atoms with van der Waals surface area (Å²) in [5.41, 5.74) is 6.04. The van der Waals surface area contributed by atoms with Gasteiger partial charge >= 0.3 is 0 Å². The second-order valence-electron chi connectivity index (χ2n) is 7.88. The maximum absolute atomic E-state index is 12.6. The molecule has 2 amide bonds. The van der Waals surface area contributed by atoms with Crippen LogP contribution in [-0.2, 0) is 10.3 Å². The van der Waals surface area contributed by atoms with Gasteiger partial charge in [-0.25, -0.2) is 15.0 Å². The van der Waals surface area contributed by atoms with Crippen LogP contribution in [0.1, 0.15) is 29.5 Å². The molecule has 0 aromatic carbocycles. The topological polar surface area (TPSA) is 139 Å². The lowest BCUT2D eigenvalue weighted by Gasteiger charge is -2.32. The SMILES string of the molecule is CN(C)CC#CCOc1cnc(C(=O)Nc2ccnc(C3(C)CC(=O)N(C)C(N)=N3)c2)cn1. The summed E-state index contributed by atoms with van der Waals surface area (Å²) in [6, 6.07) is 3.29. The van der Waals surface area contributed by atoms with Crippen LogP contribution in [0.5, 0.6) is 5.88 Å². The minimum atomic E-state index is -0.928. The highest BCUT2D eigenvalue weighted by atomic mass is 16.5. The van der Waals surface area contributed by atoms with Crippen LogP contribution in [0.25, 0.3) is 0 Å². The number of hydrogen-bond donors (Lipinski definition) is 2. The third-order valence-electron chi connectivity index (χ3n) is 4.82. The van der Waals surface area contributed by atoms with Crippen molar-refractivity contribution >= 4 is 23.5 Å². The summed E-state index contributed by atoms with van der Waals surface area (Å²) in [5, 5.41) is 2.75. The summed E-state index contributed by atoms with van der Waals surface area (Å²) >= 11 is 0. The predicted molar refractivity (Wildman–Crippen MR) is 122 cm³/mol. The molecule has 0 fully saturated rings. The van der Waals surface area contributed by atoms with Gasteiger partial charge in [-0.3, -0.25) is 24.4 Å². The summed E-state index contributed by atoms with van der Waals surface area (Å²) in [7, 11) is 5.43. The molecule has 2 aromatic heterocycles. The van der Waals surface area contributed by atoms with E-state index in [2.05, 4.69) is 37.1 Å². The lowest BCUT2D eigenvalue weighted by Crippen LogP contribution is -2.47. The van der Waals surface area contributed by atoms with E-state index in [0.29, 0.717) is 17.9 Å². The Morgan fingerprint density at radius 1 is 1.30 bits per heavy atom. The van der Waals surface area contributed by atoms with E-state index in [0.717, 1.165) is 0 Å². The smallest absolute Gasteiger partial charge is 0.275 e. The predicted octanol–water partition coefficient (Wildman–Crippen LogP) is 0.460. The van der Waals surface area contributed by atoms with Gasteiger partial charge in [-0.2, -0.15) is 0 Å². The first-order valence-electron chi connectivity index (χ1n) is 10.1. The maximum atomic E-state index is 12.6. The number of nitrogens with one attached hydrogen (secondary N) is 1. The number of carbonyl (C=O) groups excluding carboxylic acids is 2. The monoisotopic (exact) mass is 450 g/mol. The zero-order valence-corrected chi connectivity index (χ0v) is 19.0. The average molecular weight is 451 g/mol. The highest BCUT2D eigenvalue weighted by molar-refractivity contribution is 6.02. The summed E-state index contributed by atoms with van der Waals surface area (Å²) in [4.78, 5) is 45.0. The largest absolute Gasteiger partial charge is 0.463 e. The van der Waals surface area contributed by atoms with Crippen molar-refractivity contribution in [1.82, 2.24) is 24.8 Å². The van der Waals surface area contributed by atoms with E-state index < -0.39 is 11.4 Å². The van der Waals surface area contributed by atoms with Crippen LogP contribution in [0.2, 0.25) is 0 Å². The van der Waals surface area contributed by atoms with E-state index in [1.165, 1.54) is 23.5 Å². The molecule has 3 N–H and O–H groups in total. The van der Waals surface area contributed by atoms with Crippen molar-refractivity contribution in [3.63, 3.8) is 0 Å². The fourth-order valence-corrected chi connectivity index (χ4v) is 2.94. The highest BCUT2D eigenvalue weighted by Crippen LogP contribution is 2.32. The van der Waals surface area contributed by atoms with E-state index in [4.69, 9.17) is 10.5 Å². The highest BCUT2D eigenvalue weighted by Gasteiger charge is 2.37. The number of rotatable bonds is 6. The molecule has 33 heavy (non-hydrogen) atoms. The van der Waals surface area contributed by atoms with Crippen LogP contribution in [-0.4, -0.2) is 76.8 Å². The van der Waals surface area contributed by atoms with Crippen molar-refractivity contribution in [2.75, 3.05) is 39.6 Å². The van der Waals surface area contributed by atoms with Crippen LogP contribution in [0.15, 0.2) is 35.7 Å². The molecule has 0 spiro atoms. The first-order chi connectivity index (χ1) is 15.7. The average Bonchev–Trinajstić information content (AvgIpc) is 2.77. The van der Waals surface area contributed by atoms with Gasteiger partial charge in [0.25, 0.3) is 5.91 Å². The Balaban J connectivity index is 1.65. The summed E-state index contributed by atoms with van der Waals surface area (Å²) in [5.74, 6) is 5.59. The van der Waals surface area contributed by atoms with Crippen LogP contribution < -0.4 is 15.8 Å². The normalized spacial score (nSPS) is 17.8. The molecule has 3 rings (SSSR count). The molecule has 1 aliphatic rings. The third-order valence-corrected chi connectivity index (χ3v) is 4.82. The van der Waals surface area contributed by atoms with E-state index >= 15 is 0 Å². The van der Waals surface area contributed by atoms with E-state index in [-0.39, 0.29) is 36.5 Å². The minimum Gasteiger partial charge on any atom is -0.463 e. The van der Waals surface area contributed by atoms with Gasteiger partial charge in [-0.1, -0.05) is 11.8 Å². The van der Waals surface area contributed by atoms with Crippen LogP contribution in [0.4, 0.5) is 5.69 Å². The first kappa shape index (κ1) is 23.6. The Morgan fingerprint density at radius 3 is 2.76 bits per heavy atom. The fraction of sp³-hybridized carbons (Fsp3) is 0.364. The van der Waals surface area contributed by atoms with Crippen LogP contribution >= 0.6 is 0 Å². The van der Waals surface area contributed by atoms with Gasteiger partial charge in [0.15, 0.2) is 12.6 Å². The van der Waals surface area contributed by atoms with Crippen molar-refractivity contribution < 1.29 is 14.3 Å². The summed E-state index contributed by atoms with van der Waals surface area (Å²) in [6.07, 6.45) is 4.33. The molecule has 1 aliphatic heterocycles. The Morgan fingerprint density at radius 2 is 2.09 bits per heavy atom. The molecular formula is C22H26N8O3. The Bertz CT molecular complexity index is 1120. The lowest BCUT2D eigenvalue weighted by molar-refractivity contribution is -0.128. The number of guanidine groups is 1. The van der Waals surface area contributed by atoms with Gasteiger partial charge in [-0.05, 0) is 33.2 Å². The molecule has 0 radical (unpaired) electrons. The third kappa shape index (κ3) is 6.02. The van der Waals surface area contributed by atoms with Gasteiger partial charge in [0.05, 0.1) is 31.1 Å². The van der Waals surface area contributed by atoms with Gasteiger partial charge < -0.3 is 15.8 Å². The molecule has 1 unspecified atom stereocenters. The molecule has 0 saturated carbocycles. The number of anilines is 1. The minimum absolute atomic E-state index is 0.112. The van der Waals surface area contributed by atoms with Gasteiger partial charge in [0, 0.05) is 18.9 Å². The van der Waals surface area contributed by atoms with E-state index in [9.17, 15) is 9.59 Å². The van der Waals surface area contributed by atoms with E-state index in [1.807, 2.05) is 19.0 Å². The number of ether oxygens (including phenoxy) is 1. The molecule has 11 heteroatoms. The number of nitrogens with zero attached hydrogens (tertiary/aromatic N) is 6. The Hall–Kier alpha value is -4.04. The number of aliphatic imine (C=N–C) groups is 1. The second kappa shape index (κ2) is 10.1. The number of amides is 2. The number of aromatic nitrogens is 3. The number of pyridine rings is 1. The van der Waals surface area contributed by atoms with Crippen molar-refractivity contribution in [2.24, 2.45) is 10.7 Å². The van der Waals surface area contributed by atoms with Gasteiger partial charge in [0.1, 0.15) is 11.2 Å². The standard InChI is InChI=1S/C22H26N8O3/c1-22(12-19(31)30(4)21(23)28-22)17-11-15(7-8-24-17)27-20(32)16-13-26-18(14-25-16)33-10-6-5-9-29(2)3/h7-8,11,13-14H,9-10,12H2,1-4H3,(H2,23,28)(H,24,27,32). The number of hydrogen-bond acceptors (Lipinski definition) is 9. The Labute approximate surface area is 192 Å². The van der Waals surface area contributed by atoms with Crippen LogP contribution in [0.3, 0.4) is 0 Å². The molecule has 11 nitrogen and oxygen atoms in total. The zero-order valence-electron chi connectivity index (χ0n) is 19.0. The van der Waals surface area contributed by atoms with E-state index in [1.54, 1.807) is 26.1 Å². The second-order valence-corrected chi connectivity index (χ2v) is 7.88. The fourth-order valence-electron chi connectivity index (χ4n) is 2.94. The summed E-state index contributed by atoms with van der Waals surface area (Å²) < 4.78 is 5.40. The van der Waals surface area contributed by atoms with Crippen molar-refractivity contribution in [3.8, 4) is 17.7 Å². The van der Waals surface area contributed by atoms with Crippen LogP contribution in [0, 0.1) is 11.8 Å². The first-order valence-corrected chi connectivity index (χ1v) is 10.1. The molecular weight excluding hydrogens is 424 g/mol. The van der Waals surface area contributed by atoms with Gasteiger partial charge in [-0.15, -0.1) is 0 Å². The number of nitrogens with two attached hydrogens (primary N) is 1. The maximum Gasteiger partial charge on any atom is 0.275 e. The molecule has 2 aromatic rings.